The van der Waals surface area contributed by atoms with E-state index in [1.807, 2.05) is 0 Å². The molecule has 0 radical (unpaired) electrons. The fraction of sp³-hybridized carbons (Fsp3) is 0.200. The number of carbonyl (C=O) groups excluding carboxylic acids is 1. The summed E-state index contributed by atoms with van der Waals surface area (Å²) < 4.78 is 4.95. The molecule has 2 aromatic heterocycles. The van der Waals surface area contributed by atoms with Crippen LogP contribution in [0.25, 0.3) is 0 Å². The van der Waals surface area contributed by atoms with Gasteiger partial charge in [0, 0.05) is 24.9 Å². The number of aromatic amines is 1. The molecule has 0 aromatic carbocycles. The summed E-state index contributed by atoms with van der Waals surface area (Å²) in [6.45, 7) is 0.557. The Bertz CT molecular complexity index is 406. The quantitative estimate of drug-likeness (QED) is 0.781. The molecule has 0 aliphatic heterocycles. The highest BCUT2D eigenvalue weighted by molar-refractivity contribution is 5.91. The molecule has 0 atom stereocenters. The maximum Gasteiger partial charge on any atom is 0.286 e. The van der Waals surface area contributed by atoms with Gasteiger partial charge in [-0.3, -0.25) is 4.79 Å². The van der Waals surface area contributed by atoms with E-state index in [-0.39, 0.29) is 5.91 Å². The molecule has 5 heteroatoms. The summed E-state index contributed by atoms with van der Waals surface area (Å²) in [4.78, 5) is 18.2. The zero-order valence-electron chi connectivity index (χ0n) is 8.06. The van der Waals surface area contributed by atoms with Crippen LogP contribution in [0, 0.1) is 0 Å². The Labute approximate surface area is 86.5 Å². The maximum atomic E-state index is 11.4. The van der Waals surface area contributed by atoms with Gasteiger partial charge < -0.3 is 14.7 Å². The zero-order valence-corrected chi connectivity index (χ0v) is 8.06. The molecule has 2 N–H and O–H groups in total. The smallest absolute Gasteiger partial charge is 0.286 e. The van der Waals surface area contributed by atoms with Crippen LogP contribution in [0.1, 0.15) is 16.2 Å². The summed E-state index contributed by atoms with van der Waals surface area (Å²) in [5.74, 6) is 0.138. The first-order valence-electron chi connectivity index (χ1n) is 4.65. The highest BCUT2D eigenvalue weighted by Gasteiger charge is 2.06. The van der Waals surface area contributed by atoms with E-state index in [1.54, 1.807) is 24.7 Å². The minimum Gasteiger partial charge on any atom is -0.459 e. The predicted octanol–water partition coefficient (Wildman–Crippen LogP) is 0.975. The van der Waals surface area contributed by atoms with Gasteiger partial charge in [0.25, 0.3) is 5.91 Å². The lowest BCUT2D eigenvalue weighted by Crippen LogP contribution is -2.25. The molecular weight excluding hydrogens is 194 g/mol. The molecule has 0 fully saturated rings. The standard InChI is InChI=1S/C10H11N3O2/c14-10(9-2-1-5-15-9)12-4-3-8-6-11-7-13-8/h1-2,5-7H,3-4H2,(H,11,13)(H,12,14). The van der Waals surface area contributed by atoms with Crippen molar-refractivity contribution in [3.8, 4) is 0 Å². The van der Waals surface area contributed by atoms with Gasteiger partial charge >= 0.3 is 0 Å². The number of imidazole rings is 1. The minimum absolute atomic E-state index is 0.195. The van der Waals surface area contributed by atoms with Gasteiger partial charge in [-0.1, -0.05) is 0 Å². The van der Waals surface area contributed by atoms with E-state index in [0.29, 0.717) is 12.3 Å². The Morgan fingerprint density at radius 1 is 1.60 bits per heavy atom. The Morgan fingerprint density at radius 2 is 2.53 bits per heavy atom. The van der Waals surface area contributed by atoms with Crippen molar-refractivity contribution >= 4 is 5.91 Å². The Hall–Kier alpha value is -2.04. The molecule has 15 heavy (non-hydrogen) atoms. The van der Waals surface area contributed by atoms with Crippen LogP contribution in [-0.4, -0.2) is 22.4 Å². The van der Waals surface area contributed by atoms with Crippen LogP contribution in [0.3, 0.4) is 0 Å². The third kappa shape index (κ3) is 2.46. The third-order valence-electron chi connectivity index (χ3n) is 1.98. The zero-order chi connectivity index (χ0) is 10.5. The van der Waals surface area contributed by atoms with Crippen LogP contribution < -0.4 is 5.32 Å². The molecule has 0 saturated heterocycles. The second-order valence-corrected chi connectivity index (χ2v) is 3.06. The van der Waals surface area contributed by atoms with Gasteiger partial charge in [-0.15, -0.1) is 0 Å². The molecular formula is C10H11N3O2. The van der Waals surface area contributed by atoms with Gasteiger partial charge in [0.1, 0.15) is 0 Å². The van der Waals surface area contributed by atoms with E-state index in [0.717, 1.165) is 12.1 Å². The third-order valence-corrected chi connectivity index (χ3v) is 1.98. The van der Waals surface area contributed by atoms with E-state index in [1.165, 1.54) is 6.26 Å². The number of H-pyrrole nitrogens is 1. The summed E-state index contributed by atoms with van der Waals surface area (Å²) in [6.07, 6.45) is 5.55. The van der Waals surface area contributed by atoms with Crippen LogP contribution in [0.5, 0.6) is 0 Å². The van der Waals surface area contributed by atoms with E-state index in [2.05, 4.69) is 15.3 Å². The van der Waals surface area contributed by atoms with Gasteiger partial charge in [-0.2, -0.15) is 0 Å². The molecule has 0 unspecified atom stereocenters. The van der Waals surface area contributed by atoms with E-state index < -0.39 is 0 Å². The molecule has 0 aliphatic rings. The van der Waals surface area contributed by atoms with Crippen molar-refractivity contribution in [3.05, 3.63) is 42.4 Å². The van der Waals surface area contributed by atoms with Gasteiger partial charge in [-0.05, 0) is 12.1 Å². The number of hydrogen-bond acceptors (Lipinski definition) is 3. The fourth-order valence-electron chi connectivity index (χ4n) is 1.23. The predicted molar refractivity (Wildman–Crippen MR) is 53.3 cm³/mol. The van der Waals surface area contributed by atoms with Crippen molar-refractivity contribution in [2.75, 3.05) is 6.54 Å². The number of nitrogens with zero attached hydrogens (tertiary/aromatic N) is 1. The first-order valence-corrected chi connectivity index (χ1v) is 4.65. The number of carbonyl (C=O) groups is 1. The molecule has 2 aromatic rings. The van der Waals surface area contributed by atoms with E-state index in [4.69, 9.17) is 4.42 Å². The lowest BCUT2D eigenvalue weighted by atomic mass is 10.3. The van der Waals surface area contributed by atoms with E-state index >= 15 is 0 Å². The molecule has 2 rings (SSSR count). The van der Waals surface area contributed by atoms with Crippen LogP contribution in [0.2, 0.25) is 0 Å². The normalized spacial score (nSPS) is 10.1. The van der Waals surface area contributed by atoms with Crippen LogP contribution >= 0.6 is 0 Å². The maximum absolute atomic E-state index is 11.4. The molecule has 2 heterocycles. The van der Waals surface area contributed by atoms with Gasteiger partial charge in [-0.25, -0.2) is 4.98 Å². The number of hydrogen-bond donors (Lipinski definition) is 2. The fourth-order valence-corrected chi connectivity index (χ4v) is 1.23. The number of aromatic nitrogens is 2. The van der Waals surface area contributed by atoms with Crippen LogP contribution in [0.4, 0.5) is 0 Å². The SMILES string of the molecule is O=C(NCCc1cnc[nH]1)c1ccco1. The highest BCUT2D eigenvalue weighted by Crippen LogP contribution is 1.99. The second-order valence-electron chi connectivity index (χ2n) is 3.06. The number of furan rings is 1. The highest BCUT2D eigenvalue weighted by atomic mass is 16.3. The summed E-state index contributed by atoms with van der Waals surface area (Å²) in [5.41, 5.74) is 0.995. The van der Waals surface area contributed by atoms with E-state index in [9.17, 15) is 4.79 Å². The lowest BCUT2D eigenvalue weighted by Gasteiger charge is -2.00. The van der Waals surface area contributed by atoms with Crippen molar-refractivity contribution in [1.29, 1.82) is 0 Å². The van der Waals surface area contributed by atoms with Crippen molar-refractivity contribution < 1.29 is 9.21 Å². The van der Waals surface area contributed by atoms with Crippen molar-refractivity contribution in [3.63, 3.8) is 0 Å². The molecule has 0 aliphatic carbocycles. The molecule has 78 valence electrons. The first-order chi connectivity index (χ1) is 7.36. The Morgan fingerprint density at radius 3 is 3.20 bits per heavy atom. The van der Waals surface area contributed by atoms with Crippen LogP contribution in [-0.2, 0) is 6.42 Å². The second kappa shape index (κ2) is 4.45. The summed E-state index contributed by atoms with van der Waals surface area (Å²) >= 11 is 0. The average molecular weight is 205 g/mol. The summed E-state index contributed by atoms with van der Waals surface area (Å²) in [7, 11) is 0. The average Bonchev–Trinajstić information content (AvgIpc) is 2.90. The first kappa shape index (κ1) is 9.51. The van der Waals surface area contributed by atoms with Crippen molar-refractivity contribution in [2.45, 2.75) is 6.42 Å². The summed E-state index contributed by atoms with van der Waals surface area (Å²) in [5, 5.41) is 2.74. The lowest BCUT2D eigenvalue weighted by molar-refractivity contribution is 0.0926. The number of amides is 1. The Balaban J connectivity index is 1.77. The van der Waals surface area contributed by atoms with Crippen LogP contribution in [0.15, 0.2) is 35.3 Å². The minimum atomic E-state index is -0.195. The van der Waals surface area contributed by atoms with Crippen molar-refractivity contribution in [1.82, 2.24) is 15.3 Å². The Kier molecular flexibility index (Phi) is 2.82. The van der Waals surface area contributed by atoms with Gasteiger partial charge in [0.15, 0.2) is 5.76 Å². The molecule has 0 bridgehead atoms. The monoisotopic (exact) mass is 205 g/mol. The van der Waals surface area contributed by atoms with Gasteiger partial charge in [0.05, 0.1) is 12.6 Å². The molecule has 0 spiro atoms. The largest absolute Gasteiger partial charge is 0.459 e. The molecule has 0 saturated carbocycles. The molecule has 1 amide bonds. The summed E-state index contributed by atoms with van der Waals surface area (Å²) in [6, 6.07) is 3.31. The van der Waals surface area contributed by atoms with Crippen molar-refractivity contribution in [2.24, 2.45) is 0 Å². The number of nitrogens with one attached hydrogen (secondary N) is 2. The number of rotatable bonds is 4. The molecule has 5 nitrogen and oxygen atoms in total. The van der Waals surface area contributed by atoms with Gasteiger partial charge in [0.2, 0.25) is 0 Å². The topological polar surface area (TPSA) is 70.9 Å².